The molecular weight excluding hydrogens is 257 g/mol. The van der Waals surface area contributed by atoms with Gasteiger partial charge in [-0.25, -0.2) is 4.39 Å². The molecule has 0 saturated carbocycles. The molecule has 2 rings (SSSR count). The molecule has 1 nitrogen and oxygen atoms in total. The summed E-state index contributed by atoms with van der Waals surface area (Å²) in [6.45, 7) is 2.65. The summed E-state index contributed by atoms with van der Waals surface area (Å²) in [7, 11) is 0. The lowest BCUT2D eigenvalue weighted by Gasteiger charge is -2.13. The first-order valence-electron chi connectivity index (χ1n) is 5.38. The van der Waals surface area contributed by atoms with E-state index >= 15 is 0 Å². The van der Waals surface area contributed by atoms with Crippen LogP contribution in [0.2, 0.25) is 5.02 Å². The van der Waals surface area contributed by atoms with Gasteiger partial charge in [-0.05, 0) is 30.0 Å². The molecule has 1 atom stereocenters. The minimum atomic E-state index is -0.366. The lowest BCUT2D eigenvalue weighted by atomic mass is 10.2. The monoisotopic (exact) mass is 269 g/mol. The molecule has 0 radical (unpaired) electrons. The highest BCUT2D eigenvalue weighted by Crippen LogP contribution is 2.22. The molecule has 0 aliphatic heterocycles. The maximum Gasteiger partial charge on any atom is 0.142 e. The Labute approximate surface area is 109 Å². The molecule has 0 spiro atoms. The third-order valence-corrected chi connectivity index (χ3v) is 4.08. The summed E-state index contributed by atoms with van der Waals surface area (Å²) in [5, 5.41) is 5.58. The molecule has 0 amide bonds. The molecule has 1 aromatic heterocycles. The van der Waals surface area contributed by atoms with Crippen LogP contribution in [0.1, 0.15) is 23.4 Å². The van der Waals surface area contributed by atoms with E-state index in [0.29, 0.717) is 6.54 Å². The van der Waals surface area contributed by atoms with E-state index in [0.717, 1.165) is 5.56 Å². The number of rotatable bonds is 4. The van der Waals surface area contributed by atoms with Crippen LogP contribution in [0.25, 0.3) is 0 Å². The largest absolute Gasteiger partial charge is 0.305 e. The Bertz CT molecular complexity index is 484. The summed E-state index contributed by atoms with van der Waals surface area (Å²) in [6.07, 6.45) is 0. The van der Waals surface area contributed by atoms with Gasteiger partial charge in [-0.2, -0.15) is 0 Å². The van der Waals surface area contributed by atoms with Gasteiger partial charge in [0.2, 0.25) is 0 Å². The average Bonchev–Trinajstić information content (AvgIpc) is 2.84. The van der Waals surface area contributed by atoms with E-state index in [2.05, 4.69) is 18.3 Å². The molecule has 0 aliphatic carbocycles. The Balaban J connectivity index is 2.00. The van der Waals surface area contributed by atoms with E-state index in [1.807, 2.05) is 17.5 Å². The molecule has 0 fully saturated rings. The second-order valence-electron chi connectivity index (χ2n) is 3.83. The number of hydrogen-bond donors (Lipinski definition) is 1. The lowest BCUT2D eigenvalue weighted by molar-refractivity contribution is 0.576. The van der Waals surface area contributed by atoms with Crippen molar-refractivity contribution in [1.82, 2.24) is 5.32 Å². The van der Waals surface area contributed by atoms with Crippen LogP contribution in [0.4, 0.5) is 4.39 Å². The van der Waals surface area contributed by atoms with Gasteiger partial charge in [-0.3, -0.25) is 0 Å². The van der Waals surface area contributed by atoms with Gasteiger partial charge in [0, 0.05) is 17.5 Å². The van der Waals surface area contributed by atoms with E-state index in [-0.39, 0.29) is 16.9 Å². The smallest absolute Gasteiger partial charge is 0.142 e. The van der Waals surface area contributed by atoms with Crippen molar-refractivity contribution in [3.05, 3.63) is 57.0 Å². The number of benzene rings is 1. The maximum absolute atomic E-state index is 13.2. The first kappa shape index (κ1) is 12.6. The van der Waals surface area contributed by atoms with Gasteiger partial charge in [0.1, 0.15) is 5.82 Å². The fraction of sp³-hybridized carbons (Fsp3) is 0.231. The topological polar surface area (TPSA) is 12.0 Å². The molecule has 2 aromatic rings. The van der Waals surface area contributed by atoms with Crippen LogP contribution < -0.4 is 5.32 Å². The molecule has 0 aliphatic rings. The van der Waals surface area contributed by atoms with Crippen molar-refractivity contribution in [3.63, 3.8) is 0 Å². The normalized spacial score (nSPS) is 12.6. The van der Waals surface area contributed by atoms with Crippen molar-refractivity contribution in [2.24, 2.45) is 0 Å². The highest BCUT2D eigenvalue weighted by atomic mass is 35.5. The summed E-state index contributed by atoms with van der Waals surface area (Å²) < 4.78 is 13.2. The lowest BCUT2D eigenvalue weighted by Crippen LogP contribution is -2.17. The van der Waals surface area contributed by atoms with Crippen LogP contribution in [0.3, 0.4) is 0 Å². The molecule has 90 valence electrons. The summed E-state index contributed by atoms with van der Waals surface area (Å²) >= 11 is 7.59. The molecule has 0 saturated heterocycles. The van der Waals surface area contributed by atoms with E-state index in [9.17, 15) is 4.39 Å². The average molecular weight is 270 g/mol. The Kier molecular flexibility index (Phi) is 4.15. The van der Waals surface area contributed by atoms with Gasteiger partial charge >= 0.3 is 0 Å². The van der Waals surface area contributed by atoms with Crippen molar-refractivity contribution < 1.29 is 4.39 Å². The van der Waals surface area contributed by atoms with Crippen molar-refractivity contribution in [2.45, 2.75) is 19.5 Å². The van der Waals surface area contributed by atoms with Crippen molar-refractivity contribution in [3.8, 4) is 0 Å². The summed E-state index contributed by atoms with van der Waals surface area (Å²) in [5.74, 6) is -0.366. The summed E-state index contributed by atoms with van der Waals surface area (Å²) in [4.78, 5) is 1.26. The van der Waals surface area contributed by atoms with Crippen LogP contribution in [0, 0.1) is 5.82 Å². The first-order valence-corrected chi connectivity index (χ1v) is 6.64. The van der Waals surface area contributed by atoms with Crippen LogP contribution in [-0.2, 0) is 6.54 Å². The van der Waals surface area contributed by atoms with Crippen molar-refractivity contribution >= 4 is 22.9 Å². The quantitative estimate of drug-likeness (QED) is 0.868. The highest BCUT2D eigenvalue weighted by molar-refractivity contribution is 7.10. The third kappa shape index (κ3) is 3.06. The Hall–Kier alpha value is -0.900. The van der Waals surface area contributed by atoms with Gasteiger partial charge < -0.3 is 5.32 Å². The second-order valence-corrected chi connectivity index (χ2v) is 5.19. The highest BCUT2D eigenvalue weighted by Gasteiger charge is 2.09. The van der Waals surface area contributed by atoms with Crippen molar-refractivity contribution in [1.29, 1.82) is 0 Å². The maximum atomic E-state index is 13.2. The third-order valence-electron chi connectivity index (χ3n) is 2.60. The minimum absolute atomic E-state index is 0.207. The van der Waals surface area contributed by atoms with Crippen molar-refractivity contribution in [2.75, 3.05) is 0 Å². The predicted molar refractivity (Wildman–Crippen MR) is 71.0 cm³/mol. The van der Waals surface area contributed by atoms with Gasteiger partial charge in [0.05, 0.1) is 5.02 Å². The second kappa shape index (κ2) is 5.63. The van der Waals surface area contributed by atoms with Crippen LogP contribution in [0.15, 0.2) is 35.7 Å². The zero-order valence-electron chi connectivity index (χ0n) is 9.41. The van der Waals surface area contributed by atoms with E-state index < -0.39 is 0 Å². The summed E-state index contributed by atoms with van der Waals surface area (Å²) in [6, 6.07) is 9.22. The minimum Gasteiger partial charge on any atom is -0.305 e. The molecule has 0 bridgehead atoms. The fourth-order valence-corrected chi connectivity index (χ4v) is 2.54. The number of halogens is 2. The van der Waals surface area contributed by atoms with Crippen LogP contribution in [0.5, 0.6) is 0 Å². The Morgan fingerprint density at radius 2 is 2.18 bits per heavy atom. The molecular formula is C13H13ClFNS. The number of thiophene rings is 1. The zero-order valence-corrected chi connectivity index (χ0v) is 11.0. The standard InChI is InChI=1S/C13H13ClFNS/c1-9(12-6-3-7-17-12)16-8-10-4-2-5-11(15)13(10)14/h2-7,9,16H,8H2,1H3/t9-/m1/s1. The van der Waals surface area contributed by atoms with Gasteiger partial charge in [-0.15, -0.1) is 11.3 Å². The van der Waals surface area contributed by atoms with E-state index in [1.54, 1.807) is 17.4 Å². The molecule has 1 aromatic carbocycles. The van der Waals surface area contributed by atoms with Gasteiger partial charge in [0.15, 0.2) is 0 Å². The predicted octanol–water partition coefficient (Wildman–Crippen LogP) is 4.39. The molecule has 1 N–H and O–H groups in total. The SMILES string of the molecule is C[C@@H](NCc1cccc(F)c1Cl)c1cccs1. The Morgan fingerprint density at radius 1 is 1.35 bits per heavy atom. The molecule has 17 heavy (non-hydrogen) atoms. The molecule has 1 heterocycles. The first-order chi connectivity index (χ1) is 8.18. The Morgan fingerprint density at radius 3 is 2.88 bits per heavy atom. The number of hydrogen-bond acceptors (Lipinski definition) is 2. The van der Waals surface area contributed by atoms with E-state index in [4.69, 9.17) is 11.6 Å². The van der Waals surface area contributed by atoms with Gasteiger partial charge in [0.25, 0.3) is 0 Å². The zero-order chi connectivity index (χ0) is 12.3. The van der Waals surface area contributed by atoms with E-state index in [1.165, 1.54) is 10.9 Å². The van der Waals surface area contributed by atoms with Gasteiger partial charge in [-0.1, -0.05) is 29.8 Å². The fourth-order valence-electron chi connectivity index (χ4n) is 1.59. The molecule has 0 unspecified atom stereocenters. The van der Waals surface area contributed by atoms with Crippen LogP contribution in [-0.4, -0.2) is 0 Å². The number of nitrogens with one attached hydrogen (secondary N) is 1. The molecule has 4 heteroatoms. The summed E-state index contributed by atoms with van der Waals surface area (Å²) in [5.41, 5.74) is 0.787. The van der Waals surface area contributed by atoms with Crippen LogP contribution >= 0.6 is 22.9 Å².